The number of benzene rings is 1. The summed E-state index contributed by atoms with van der Waals surface area (Å²) in [5.74, 6) is 1.51. The molecule has 1 aromatic carbocycles. The third kappa shape index (κ3) is 3.69. The number of para-hydroxylation sites is 1. The van der Waals surface area contributed by atoms with E-state index in [0.717, 1.165) is 12.2 Å². The first-order chi connectivity index (χ1) is 7.69. The Bertz CT molecular complexity index is 315. The van der Waals surface area contributed by atoms with E-state index >= 15 is 0 Å². The van der Waals surface area contributed by atoms with Gasteiger partial charge in [0.15, 0.2) is 0 Å². The van der Waals surface area contributed by atoms with Crippen molar-refractivity contribution in [1.82, 2.24) is 0 Å². The molecule has 0 spiro atoms. The molecule has 90 valence electrons. The van der Waals surface area contributed by atoms with Gasteiger partial charge in [-0.2, -0.15) is 0 Å². The van der Waals surface area contributed by atoms with Crippen LogP contribution >= 0.6 is 11.6 Å². The van der Waals surface area contributed by atoms with E-state index in [1.54, 1.807) is 0 Å². The lowest BCUT2D eigenvalue weighted by atomic mass is 9.98. The molecule has 1 N–H and O–H groups in total. The summed E-state index contributed by atoms with van der Waals surface area (Å²) in [5.41, 5.74) is 1.19. The lowest BCUT2D eigenvalue weighted by Crippen LogP contribution is -2.19. The summed E-state index contributed by atoms with van der Waals surface area (Å²) < 4.78 is 5.58. The zero-order valence-electron chi connectivity index (χ0n) is 9.82. The first-order valence-electron chi connectivity index (χ1n) is 5.64. The van der Waals surface area contributed by atoms with Crippen LogP contribution in [0, 0.1) is 0 Å². The van der Waals surface area contributed by atoms with Crippen LogP contribution in [0.25, 0.3) is 0 Å². The summed E-state index contributed by atoms with van der Waals surface area (Å²) in [6.07, 6.45) is 0.463. The molecule has 16 heavy (non-hydrogen) atoms. The molecule has 0 heterocycles. The normalized spacial score (nSPS) is 14.5. The monoisotopic (exact) mass is 242 g/mol. The maximum atomic E-state index is 9.35. The molecule has 0 aromatic heterocycles. The van der Waals surface area contributed by atoms with Gasteiger partial charge < -0.3 is 9.84 Å². The second-order valence-electron chi connectivity index (χ2n) is 3.97. The van der Waals surface area contributed by atoms with Gasteiger partial charge in [-0.05, 0) is 24.0 Å². The van der Waals surface area contributed by atoms with Gasteiger partial charge in [-0.1, -0.05) is 32.0 Å². The van der Waals surface area contributed by atoms with Crippen LogP contribution in [0.4, 0.5) is 0 Å². The number of hydrogen-bond donors (Lipinski definition) is 1. The fraction of sp³-hybridized carbons (Fsp3) is 0.538. The Morgan fingerprint density at radius 1 is 1.38 bits per heavy atom. The Morgan fingerprint density at radius 3 is 2.69 bits per heavy atom. The molecule has 0 aliphatic heterocycles. The molecular weight excluding hydrogens is 224 g/mol. The van der Waals surface area contributed by atoms with Crippen LogP contribution in [0.15, 0.2) is 24.3 Å². The summed E-state index contributed by atoms with van der Waals surface area (Å²) in [5, 5.41) is 9.35. The van der Waals surface area contributed by atoms with Gasteiger partial charge in [-0.25, -0.2) is 0 Å². The average molecular weight is 243 g/mol. The van der Waals surface area contributed by atoms with Crippen molar-refractivity contribution in [3.8, 4) is 5.75 Å². The van der Waals surface area contributed by atoms with Gasteiger partial charge in [0.2, 0.25) is 0 Å². The van der Waals surface area contributed by atoms with E-state index in [4.69, 9.17) is 16.3 Å². The minimum atomic E-state index is -0.605. The van der Waals surface area contributed by atoms with Crippen LogP contribution < -0.4 is 4.74 Å². The van der Waals surface area contributed by atoms with Gasteiger partial charge in [0.1, 0.15) is 18.5 Å². The Morgan fingerprint density at radius 2 is 2.06 bits per heavy atom. The standard InChI is InChI=1S/C13H19ClO2/c1-3-10(2)12-6-4-5-7-13(12)16-9-11(15)8-14/h4-7,10-11,15H,3,8-9H2,1-2H3. The van der Waals surface area contributed by atoms with E-state index in [1.807, 2.05) is 18.2 Å². The van der Waals surface area contributed by atoms with Crippen LogP contribution in [0.5, 0.6) is 5.75 Å². The van der Waals surface area contributed by atoms with Crippen molar-refractivity contribution in [3.63, 3.8) is 0 Å². The number of aliphatic hydroxyl groups excluding tert-OH is 1. The van der Waals surface area contributed by atoms with Crippen LogP contribution in [0.1, 0.15) is 31.7 Å². The minimum Gasteiger partial charge on any atom is -0.491 e. The van der Waals surface area contributed by atoms with Crippen molar-refractivity contribution >= 4 is 11.6 Å². The van der Waals surface area contributed by atoms with Crippen molar-refractivity contribution in [2.45, 2.75) is 32.3 Å². The highest BCUT2D eigenvalue weighted by molar-refractivity contribution is 6.18. The lowest BCUT2D eigenvalue weighted by molar-refractivity contribution is 0.124. The first-order valence-corrected chi connectivity index (χ1v) is 6.18. The molecule has 0 radical (unpaired) electrons. The Hall–Kier alpha value is -0.730. The molecular formula is C13H19ClO2. The van der Waals surface area contributed by atoms with Crippen LogP contribution in [0.3, 0.4) is 0 Å². The molecule has 3 heteroatoms. The van der Waals surface area contributed by atoms with E-state index in [2.05, 4.69) is 19.9 Å². The fourth-order valence-electron chi connectivity index (χ4n) is 1.47. The summed E-state index contributed by atoms with van der Waals surface area (Å²) in [6.45, 7) is 4.56. The molecule has 0 bridgehead atoms. The topological polar surface area (TPSA) is 29.5 Å². The lowest BCUT2D eigenvalue weighted by Gasteiger charge is -2.16. The molecule has 2 unspecified atom stereocenters. The molecule has 1 aromatic rings. The second kappa shape index (κ2) is 6.77. The Labute approximate surface area is 102 Å². The predicted octanol–water partition coefficient (Wildman–Crippen LogP) is 3.18. The zero-order valence-corrected chi connectivity index (χ0v) is 10.6. The number of hydrogen-bond acceptors (Lipinski definition) is 2. The van der Waals surface area contributed by atoms with Gasteiger partial charge in [0, 0.05) is 0 Å². The molecule has 0 saturated heterocycles. The van der Waals surface area contributed by atoms with E-state index in [-0.39, 0.29) is 12.5 Å². The van der Waals surface area contributed by atoms with Crippen molar-refractivity contribution in [3.05, 3.63) is 29.8 Å². The van der Waals surface area contributed by atoms with E-state index < -0.39 is 6.10 Å². The van der Waals surface area contributed by atoms with Gasteiger partial charge in [-0.3, -0.25) is 0 Å². The highest BCUT2D eigenvalue weighted by atomic mass is 35.5. The van der Waals surface area contributed by atoms with Gasteiger partial charge in [-0.15, -0.1) is 11.6 Å². The summed E-state index contributed by atoms with van der Waals surface area (Å²) in [4.78, 5) is 0. The summed E-state index contributed by atoms with van der Waals surface area (Å²) >= 11 is 5.52. The quantitative estimate of drug-likeness (QED) is 0.777. The van der Waals surface area contributed by atoms with Crippen molar-refractivity contribution < 1.29 is 9.84 Å². The van der Waals surface area contributed by atoms with Crippen LogP contribution in [-0.2, 0) is 0 Å². The highest BCUT2D eigenvalue weighted by Gasteiger charge is 2.10. The third-order valence-electron chi connectivity index (χ3n) is 2.67. The molecule has 1 rings (SSSR count). The van der Waals surface area contributed by atoms with E-state index in [1.165, 1.54) is 5.56 Å². The predicted molar refractivity (Wildman–Crippen MR) is 67.4 cm³/mol. The van der Waals surface area contributed by atoms with Gasteiger partial charge in [0.25, 0.3) is 0 Å². The van der Waals surface area contributed by atoms with Crippen molar-refractivity contribution in [2.75, 3.05) is 12.5 Å². The first kappa shape index (κ1) is 13.3. The van der Waals surface area contributed by atoms with Gasteiger partial charge >= 0.3 is 0 Å². The largest absolute Gasteiger partial charge is 0.491 e. The fourth-order valence-corrected chi connectivity index (χ4v) is 1.56. The summed E-state index contributed by atoms with van der Waals surface area (Å²) in [6, 6.07) is 7.94. The van der Waals surface area contributed by atoms with E-state index in [9.17, 15) is 5.11 Å². The zero-order chi connectivity index (χ0) is 12.0. The van der Waals surface area contributed by atoms with Gasteiger partial charge in [0.05, 0.1) is 5.88 Å². The number of ether oxygens (including phenoxy) is 1. The molecule has 0 aliphatic carbocycles. The Balaban J connectivity index is 2.71. The maximum absolute atomic E-state index is 9.35. The van der Waals surface area contributed by atoms with E-state index in [0.29, 0.717) is 5.92 Å². The molecule has 2 nitrogen and oxygen atoms in total. The minimum absolute atomic E-state index is 0.200. The number of alkyl halides is 1. The number of halogens is 1. The number of aliphatic hydroxyl groups is 1. The highest BCUT2D eigenvalue weighted by Crippen LogP contribution is 2.28. The molecule has 0 saturated carbocycles. The smallest absolute Gasteiger partial charge is 0.122 e. The average Bonchev–Trinajstić information content (AvgIpc) is 2.35. The SMILES string of the molecule is CCC(C)c1ccccc1OCC(O)CCl. The molecule has 0 aliphatic rings. The Kier molecular flexibility index (Phi) is 5.64. The van der Waals surface area contributed by atoms with Crippen LogP contribution in [-0.4, -0.2) is 23.7 Å². The number of rotatable bonds is 6. The van der Waals surface area contributed by atoms with Crippen LogP contribution in [0.2, 0.25) is 0 Å². The molecule has 0 fully saturated rings. The second-order valence-corrected chi connectivity index (χ2v) is 4.27. The van der Waals surface area contributed by atoms with Crippen molar-refractivity contribution in [1.29, 1.82) is 0 Å². The summed E-state index contributed by atoms with van der Waals surface area (Å²) in [7, 11) is 0. The maximum Gasteiger partial charge on any atom is 0.122 e. The third-order valence-corrected chi connectivity index (χ3v) is 3.03. The van der Waals surface area contributed by atoms with Crippen molar-refractivity contribution in [2.24, 2.45) is 0 Å². The molecule has 0 amide bonds. The molecule has 2 atom stereocenters.